The first-order chi connectivity index (χ1) is 10.1. The van der Waals surface area contributed by atoms with Gasteiger partial charge in [0.25, 0.3) is 0 Å². The lowest BCUT2D eigenvalue weighted by molar-refractivity contribution is 0.294. The molecule has 0 amide bonds. The van der Waals surface area contributed by atoms with E-state index in [2.05, 4.69) is 24.3 Å². The molecule has 0 bridgehead atoms. The summed E-state index contributed by atoms with van der Waals surface area (Å²) in [4.78, 5) is 0. The van der Waals surface area contributed by atoms with Gasteiger partial charge in [0.2, 0.25) is 0 Å². The molecule has 0 saturated carbocycles. The average molecular weight is 291 g/mol. The zero-order chi connectivity index (χ0) is 15.2. The van der Waals surface area contributed by atoms with Crippen LogP contribution in [0, 0.1) is 5.82 Å². The monoisotopic (exact) mass is 291 g/mol. The molecule has 1 unspecified atom stereocenters. The summed E-state index contributed by atoms with van der Waals surface area (Å²) in [6.45, 7) is 5.20. The van der Waals surface area contributed by atoms with Crippen LogP contribution in [-0.2, 0) is 13.2 Å². The fourth-order valence-corrected chi connectivity index (χ4v) is 2.06. The molecule has 0 fully saturated rings. The first kappa shape index (κ1) is 15.5. The second-order valence-corrected chi connectivity index (χ2v) is 5.12. The zero-order valence-electron chi connectivity index (χ0n) is 12.8. The number of rotatable bonds is 7. The van der Waals surface area contributed by atoms with E-state index in [4.69, 9.17) is 4.74 Å². The summed E-state index contributed by atoms with van der Waals surface area (Å²) < 4.78 is 21.0. The normalized spacial score (nSPS) is 12.4. The van der Waals surface area contributed by atoms with Gasteiger partial charge in [0.05, 0.1) is 5.69 Å². The van der Waals surface area contributed by atoms with Crippen molar-refractivity contribution in [1.29, 1.82) is 0 Å². The molecule has 0 saturated heterocycles. The molecule has 2 rings (SSSR count). The van der Waals surface area contributed by atoms with Gasteiger partial charge in [0.1, 0.15) is 18.2 Å². The standard InChI is InChI=1S/C16H22FN3O/c1-4-12(2)20-8-7-15(19-20)11-21-16-6-5-14(17)9-13(16)10-18-3/h5-9,12,18H,4,10-11H2,1-3H3. The number of nitrogens with one attached hydrogen (secondary N) is 1. The van der Waals surface area contributed by atoms with Gasteiger partial charge in [0.15, 0.2) is 0 Å². The predicted octanol–water partition coefficient (Wildman–Crippen LogP) is 3.29. The summed E-state index contributed by atoms with van der Waals surface area (Å²) in [5, 5.41) is 7.50. The molecule has 0 radical (unpaired) electrons. The maximum Gasteiger partial charge on any atom is 0.132 e. The lowest BCUT2D eigenvalue weighted by Gasteiger charge is -2.11. The van der Waals surface area contributed by atoms with Crippen molar-refractivity contribution in [3.63, 3.8) is 0 Å². The predicted molar refractivity (Wildman–Crippen MR) is 80.7 cm³/mol. The van der Waals surface area contributed by atoms with Crippen LogP contribution >= 0.6 is 0 Å². The van der Waals surface area contributed by atoms with Crippen LogP contribution in [-0.4, -0.2) is 16.8 Å². The van der Waals surface area contributed by atoms with E-state index in [1.807, 2.05) is 24.0 Å². The second-order valence-electron chi connectivity index (χ2n) is 5.12. The Morgan fingerprint density at radius 3 is 2.90 bits per heavy atom. The van der Waals surface area contributed by atoms with Gasteiger partial charge in [-0.3, -0.25) is 4.68 Å². The summed E-state index contributed by atoms with van der Waals surface area (Å²) in [5.74, 6) is 0.428. The number of benzene rings is 1. The van der Waals surface area contributed by atoms with Crippen LogP contribution < -0.4 is 10.1 Å². The largest absolute Gasteiger partial charge is 0.487 e. The topological polar surface area (TPSA) is 39.1 Å². The Kier molecular flexibility index (Phi) is 5.33. The molecule has 1 heterocycles. The highest BCUT2D eigenvalue weighted by molar-refractivity contribution is 5.34. The van der Waals surface area contributed by atoms with Gasteiger partial charge in [0, 0.05) is 24.3 Å². The molecule has 0 aliphatic heterocycles. The van der Waals surface area contributed by atoms with Crippen molar-refractivity contribution in [2.24, 2.45) is 0 Å². The Balaban J connectivity index is 2.04. The van der Waals surface area contributed by atoms with E-state index in [0.29, 0.717) is 24.9 Å². The van der Waals surface area contributed by atoms with E-state index in [-0.39, 0.29) is 5.82 Å². The number of halogens is 1. The number of hydrogen-bond acceptors (Lipinski definition) is 3. The molecule has 1 aromatic heterocycles. The molecule has 0 spiro atoms. The molecular formula is C16H22FN3O. The van der Waals surface area contributed by atoms with Crippen molar-refractivity contribution in [3.05, 3.63) is 47.5 Å². The molecule has 4 nitrogen and oxygen atoms in total. The van der Waals surface area contributed by atoms with Gasteiger partial charge >= 0.3 is 0 Å². The highest BCUT2D eigenvalue weighted by Gasteiger charge is 2.08. The van der Waals surface area contributed by atoms with Crippen molar-refractivity contribution in [2.45, 2.75) is 39.5 Å². The Labute approximate surface area is 124 Å². The van der Waals surface area contributed by atoms with Crippen molar-refractivity contribution in [2.75, 3.05) is 7.05 Å². The SMILES string of the molecule is CCC(C)n1ccc(COc2ccc(F)cc2CNC)n1. The fourth-order valence-electron chi connectivity index (χ4n) is 2.06. The fraction of sp³-hybridized carbons (Fsp3) is 0.438. The zero-order valence-corrected chi connectivity index (χ0v) is 12.8. The Morgan fingerprint density at radius 2 is 2.19 bits per heavy atom. The third-order valence-electron chi connectivity index (χ3n) is 3.47. The number of aromatic nitrogens is 2. The molecule has 1 atom stereocenters. The minimum atomic E-state index is -0.256. The van der Waals surface area contributed by atoms with E-state index in [1.165, 1.54) is 12.1 Å². The van der Waals surface area contributed by atoms with E-state index >= 15 is 0 Å². The van der Waals surface area contributed by atoms with Gasteiger partial charge in [-0.25, -0.2) is 4.39 Å². The van der Waals surface area contributed by atoms with E-state index in [9.17, 15) is 4.39 Å². The molecule has 1 N–H and O–H groups in total. The summed E-state index contributed by atoms with van der Waals surface area (Å²) >= 11 is 0. The third kappa shape index (κ3) is 4.04. The highest BCUT2D eigenvalue weighted by Crippen LogP contribution is 2.21. The lowest BCUT2D eigenvalue weighted by atomic mass is 10.2. The number of hydrogen-bond donors (Lipinski definition) is 1. The van der Waals surface area contributed by atoms with Gasteiger partial charge in [-0.2, -0.15) is 5.10 Å². The van der Waals surface area contributed by atoms with Gasteiger partial charge in [-0.05, 0) is 44.7 Å². The summed E-state index contributed by atoms with van der Waals surface area (Å²) in [6, 6.07) is 6.89. The van der Waals surface area contributed by atoms with Crippen molar-refractivity contribution in [1.82, 2.24) is 15.1 Å². The second kappa shape index (κ2) is 7.22. The first-order valence-corrected chi connectivity index (χ1v) is 7.24. The van der Waals surface area contributed by atoms with Crippen molar-refractivity contribution in [3.8, 4) is 5.75 Å². The maximum atomic E-state index is 13.3. The van der Waals surface area contributed by atoms with Crippen LogP contribution in [0.25, 0.3) is 0 Å². The van der Waals surface area contributed by atoms with Gasteiger partial charge in [-0.1, -0.05) is 6.92 Å². The smallest absolute Gasteiger partial charge is 0.132 e. The van der Waals surface area contributed by atoms with Gasteiger partial charge in [-0.15, -0.1) is 0 Å². The summed E-state index contributed by atoms with van der Waals surface area (Å²) in [5.41, 5.74) is 1.67. The minimum Gasteiger partial charge on any atom is -0.487 e. The van der Waals surface area contributed by atoms with Crippen LogP contribution in [0.3, 0.4) is 0 Å². The molecular weight excluding hydrogens is 269 g/mol. The van der Waals surface area contributed by atoms with Crippen molar-refractivity contribution >= 4 is 0 Å². The average Bonchev–Trinajstić information content (AvgIpc) is 2.95. The third-order valence-corrected chi connectivity index (χ3v) is 3.47. The molecule has 114 valence electrons. The molecule has 21 heavy (non-hydrogen) atoms. The van der Waals surface area contributed by atoms with Crippen LogP contribution in [0.15, 0.2) is 30.5 Å². The maximum absolute atomic E-state index is 13.3. The molecule has 0 aliphatic carbocycles. The van der Waals surface area contributed by atoms with Crippen molar-refractivity contribution < 1.29 is 9.13 Å². The van der Waals surface area contributed by atoms with Crippen LogP contribution in [0.5, 0.6) is 5.75 Å². The van der Waals surface area contributed by atoms with E-state index in [1.54, 1.807) is 6.07 Å². The molecule has 1 aromatic carbocycles. The number of nitrogens with zero attached hydrogens (tertiary/aromatic N) is 2. The van der Waals surface area contributed by atoms with Crippen LogP contribution in [0.4, 0.5) is 4.39 Å². The Hall–Kier alpha value is -1.88. The van der Waals surface area contributed by atoms with Gasteiger partial charge < -0.3 is 10.1 Å². The Morgan fingerprint density at radius 1 is 1.38 bits per heavy atom. The molecule has 2 aromatic rings. The Bertz CT molecular complexity index is 583. The minimum absolute atomic E-state index is 0.256. The molecule has 0 aliphatic rings. The van der Waals surface area contributed by atoms with Crippen LogP contribution in [0.1, 0.15) is 37.6 Å². The lowest BCUT2D eigenvalue weighted by Crippen LogP contribution is -2.09. The van der Waals surface area contributed by atoms with E-state index < -0.39 is 0 Å². The number of ether oxygens (including phenoxy) is 1. The summed E-state index contributed by atoms with van der Waals surface area (Å²) in [7, 11) is 1.82. The van der Waals surface area contributed by atoms with Crippen LogP contribution in [0.2, 0.25) is 0 Å². The quantitative estimate of drug-likeness (QED) is 0.851. The summed E-state index contributed by atoms with van der Waals surface area (Å²) in [6.07, 6.45) is 3.00. The molecule has 5 heteroatoms. The first-order valence-electron chi connectivity index (χ1n) is 7.24. The highest BCUT2D eigenvalue weighted by atomic mass is 19.1. The van der Waals surface area contributed by atoms with E-state index in [0.717, 1.165) is 17.7 Å².